The number of nitrogens with zero attached hydrogens (tertiary/aromatic N) is 3. The van der Waals surface area contributed by atoms with Crippen molar-refractivity contribution in [3.05, 3.63) is 24.4 Å². The highest BCUT2D eigenvalue weighted by Crippen LogP contribution is 2.11. The molecule has 54 valence electrons. The van der Waals surface area contributed by atoms with Crippen LogP contribution in [0.5, 0.6) is 0 Å². The second-order valence-corrected chi connectivity index (χ2v) is 2.25. The first-order valence-electron chi connectivity index (χ1n) is 3.28. The third-order valence-electron chi connectivity index (χ3n) is 1.60. The number of nitriles is 1. The van der Waals surface area contributed by atoms with Crippen molar-refractivity contribution in [1.29, 1.82) is 5.26 Å². The molecule has 2 rings (SSSR count). The standard InChI is InChI=1S/C7H6N4/c8-5-7-10-9-6-3-1-2-4-11(6)7/h1-4,6,9H/t6-/m0/s1. The molecule has 11 heavy (non-hydrogen) atoms. The smallest absolute Gasteiger partial charge is 0.232 e. The van der Waals surface area contributed by atoms with E-state index in [-0.39, 0.29) is 6.17 Å². The maximum atomic E-state index is 8.58. The Labute approximate surface area is 64.1 Å². The molecule has 0 aromatic heterocycles. The normalized spacial score (nSPS) is 25.5. The van der Waals surface area contributed by atoms with E-state index in [1.165, 1.54) is 0 Å². The summed E-state index contributed by atoms with van der Waals surface area (Å²) >= 11 is 0. The van der Waals surface area contributed by atoms with Gasteiger partial charge in [-0.15, -0.1) is 5.10 Å². The summed E-state index contributed by atoms with van der Waals surface area (Å²) in [6.07, 6.45) is 7.59. The second kappa shape index (κ2) is 2.13. The van der Waals surface area contributed by atoms with Gasteiger partial charge in [0.05, 0.1) is 0 Å². The SMILES string of the molecule is N#CC1=NN[C@@H]2C=CC=CN12. The van der Waals surface area contributed by atoms with Gasteiger partial charge in [0.1, 0.15) is 12.2 Å². The van der Waals surface area contributed by atoms with E-state index < -0.39 is 0 Å². The summed E-state index contributed by atoms with van der Waals surface area (Å²) in [5.41, 5.74) is 2.81. The highest BCUT2D eigenvalue weighted by Gasteiger charge is 2.24. The highest BCUT2D eigenvalue weighted by molar-refractivity contribution is 5.98. The maximum Gasteiger partial charge on any atom is 0.232 e. The average Bonchev–Trinajstić information content (AvgIpc) is 2.47. The molecule has 0 fully saturated rings. The fraction of sp³-hybridized carbons (Fsp3) is 0.143. The molecular formula is C7H6N4. The van der Waals surface area contributed by atoms with Crippen molar-refractivity contribution in [2.75, 3.05) is 0 Å². The molecule has 0 aromatic rings. The third kappa shape index (κ3) is 0.783. The topological polar surface area (TPSA) is 51.4 Å². The zero-order valence-corrected chi connectivity index (χ0v) is 5.73. The summed E-state index contributed by atoms with van der Waals surface area (Å²) in [6, 6.07) is 1.99. The maximum absolute atomic E-state index is 8.58. The molecule has 2 aliphatic rings. The van der Waals surface area contributed by atoms with E-state index in [9.17, 15) is 0 Å². The minimum atomic E-state index is 0.0367. The first-order valence-corrected chi connectivity index (χ1v) is 3.28. The molecule has 0 radical (unpaired) electrons. The summed E-state index contributed by atoms with van der Waals surface area (Å²) < 4.78 is 0. The number of hydrogen-bond donors (Lipinski definition) is 1. The number of hydrogen-bond acceptors (Lipinski definition) is 4. The molecule has 0 amide bonds. The largest absolute Gasteiger partial charge is 0.297 e. The van der Waals surface area contributed by atoms with Gasteiger partial charge in [0.2, 0.25) is 5.84 Å². The first-order chi connectivity index (χ1) is 5.42. The Morgan fingerprint density at radius 2 is 2.55 bits per heavy atom. The van der Waals surface area contributed by atoms with Crippen LogP contribution in [0.25, 0.3) is 0 Å². The third-order valence-corrected chi connectivity index (χ3v) is 1.60. The van der Waals surface area contributed by atoms with Crippen molar-refractivity contribution >= 4 is 5.84 Å². The summed E-state index contributed by atoms with van der Waals surface area (Å²) in [6.45, 7) is 0. The van der Waals surface area contributed by atoms with Crippen LogP contribution in [0.2, 0.25) is 0 Å². The molecule has 0 unspecified atom stereocenters. The molecule has 4 nitrogen and oxygen atoms in total. The quantitative estimate of drug-likeness (QED) is 0.528. The lowest BCUT2D eigenvalue weighted by molar-refractivity contribution is 0.446. The summed E-state index contributed by atoms with van der Waals surface area (Å²) in [5, 5.41) is 12.4. The van der Waals surface area contributed by atoms with Crippen LogP contribution in [-0.2, 0) is 0 Å². The zero-order chi connectivity index (χ0) is 7.68. The monoisotopic (exact) mass is 146 g/mol. The van der Waals surface area contributed by atoms with E-state index in [0.717, 1.165) is 0 Å². The average molecular weight is 146 g/mol. The van der Waals surface area contributed by atoms with Gasteiger partial charge in [0.25, 0.3) is 0 Å². The molecule has 0 aromatic carbocycles. The fourth-order valence-electron chi connectivity index (χ4n) is 1.07. The van der Waals surface area contributed by atoms with Crippen LogP contribution in [0.15, 0.2) is 29.5 Å². The minimum absolute atomic E-state index is 0.0367. The lowest BCUT2D eigenvalue weighted by atomic mass is 10.3. The van der Waals surface area contributed by atoms with Gasteiger partial charge < -0.3 is 0 Å². The Balaban J connectivity index is 2.29. The van der Waals surface area contributed by atoms with Gasteiger partial charge in [0.15, 0.2) is 0 Å². The lowest BCUT2D eigenvalue weighted by Crippen LogP contribution is -2.35. The van der Waals surface area contributed by atoms with Gasteiger partial charge in [-0.1, -0.05) is 6.08 Å². The molecule has 0 spiro atoms. The van der Waals surface area contributed by atoms with E-state index in [0.29, 0.717) is 5.84 Å². The number of nitrogens with one attached hydrogen (secondary N) is 1. The molecule has 1 atom stereocenters. The number of allylic oxidation sites excluding steroid dienone is 2. The van der Waals surface area contributed by atoms with Crippen molar-refractivity contribution in [1.82, 2.24) is 10.3 Å². The molecular weight excluding hydrogens is 140 g/mol. The Kier molecular flexibility index (Phi) is 1.16. The summed E-state index contributed by atoms with van der Waals surface area (Å²) in [5.74, 6) is 0.413. The molecule has 0 saturated heterocycles. The van der Waals surface area contributed by atoms with E-state index in [4.69, 9.17) is 5.26 Å². The van der Waals surface area contributed by atoms with Crippen LogP contribution in [-0.4, -0.2) is 16.9 Å². The summed E-state index contributed by atoms with van der Waals surface area (Å²) in [4.78, 5) is 1.78. The van der Waals surface area contributed by atoms with E-state index in [1.54, 1.807) is 4.90 Å². The Bertz CT molecular complexity index is 294. The fourth-order valence-corrected chi connectivity index (χ4v) is 1.07. The van der Waals surface area contributed by atoms with Crippen LogP contribution in [0, 0.1) is 11.3 Å². The lowest BCUT2D eigenvalue weighted by Gasteiger charge is -2.19. The van der Waals surface area contributed by atoms with Crippen LogP contribution < -0.4 is 5.43 Å². The van der Waals surface area contributed by atoms with Crippen molar-refractivity contribution in [3.63, 3.8) is 0 Å². The van der Waals surface area contributed by atoms with Gasteiger partial charge in [-0.2, -0.15) is 5.26 Å². The van der Waals surface area contributed by atoms with Crippen molar-refractivity contribution in [2.24, 2.45) is 5.10 Å². The predicted molar refractivity (Wildman–Crippen MR) is 40.1 cm³/mol. The highest BCUT2D eigenvalue weighted by atomic mass is 15.5. The van der Waals surface area contributed by atoms with Crippen molar-refractivity contribution in [2.45, 2.75) is 6.17 Å². The predicted octanol–water partition coefficient (Wildman–Crippen LogP) is 0.138. The van der Waals surface area contributed by atoms with Gasteiger partial charge in [0, 0.05) is 6.20 Å². The Morgan fingerprint density at radius 1 is 1.64 bits per heavy atom. The number of hydrazone groups is 1. The molecule has 1 N–H and O–H groups in total. The molecule has 2 heterocycles. The van der Waals surface area contributed by atoms with E-state index >= 15 is 0 Å². The molecule has 0 aliphatic carbocycles. The minimum Gasteiger partial charge on any atom is -0.297 e. The number of fused-ring (bicyclic) bond motifs is 1. The van der Waals surface area contributed by atoms with E-state index in [1.807, 2.05) is 30.5 Å². The van der Waals surface area contributed by atoms with Crippen molar-refractivity contribution < 1.29 is 0 Å². The Hall–Kier alpha value is -1.76. The van der Waals surface area contributed by atoms with Crippen LogP contribution >= 0.6 is 0 Å². The molecule has 0 bridgehead atoms. The second-order valence-electron chi connectivity index (χ2n) is 2.25. The van der Waals surface area contributed by atoms with Gasteiger partial charge in [-0.05, 0) is 12.2 Å². The van der Waals surface area contributed by atoms with Gasteiger partial charge in [-0.3, -0.25) is 10.3 Å². The van der Waals surface area contributed by atoms with Crippen LogP contribution in [0.4, 0.5) is 0 Å². The van der Waals surface area contributed by atoms with Crippen molar-refractivity contribution in [3.8, 4) is 6.07 Å². The van der Waals surface area contributed by atoms with Crippen LogP contribution in [0.3, 0.4) is 0 Å². The molecule has 2 aliphatic heterocycles. The summed E-state index contributed by atoms with van der Waals surface area (Å²) in [7, 11) is 0. The van der Waals surface area contributed by atoms with E-state index in [2.05, 4.69) is 10.5 Å². The van der Waals surface area contributed by atoms with Crippen LogP contribution in [0.1, 0.15) is 0 Å². The number of rotatable bonds is 0. The van der Waals surface area contributed by atoms with Gasteiger partial charge in [-0.25, -0.2) is 0 Å². The Morgan fingerprint density at radius 3 is 3.36 bits per heavy atom. The molecule has 4 heteroatoms. The first kappa shape index (κ1) is 5.98. The van der Waals surface area contributed by atoms with Gasteiger partial charge >= 0.3 is 0 Å². The zero-order valence-electron chi connectivity index (χ0n) is 5.73. The number of amidine groups is 1. The molecule has 0 saturated carbocycles.